The number of nitrogens with one attached hydrogen (secondary N) is 1. The fourth-order valence-corrected chi connectivity index (χ4v) is 4.94. The third-order valence-electron chi connectivity index (χ3n) is 4.62. The summed E-state index contributed by atoms with van der Waals surface area (Å²) in [5, 5.41) is 3.50. The summed E-state index contributed by atoms with van der Waals surface area (Å²) in [4.78, 5) is 24.5. The van der Waals surface area contributed by atoms with E-state index in [1.54, 1.807) is 37.3 Å². The molecule has 1 atom stereocenters. The van der Waals surface area contributed by atoms with E-state index in [9.17, 15) is 18.0 Å². The summed E-state index contributed by atoms with van der Waals surface area (Å²) in [6.07, 6.45) is 0.536. The monoisotopic (exact) mass is 470 g/mol. The number of carbonyl (C=O) groups excluding carboxylic acids is 2. The molecule has 1 amide bonds. The summed E-state index contributed by atoms with van der Waals surface area (Å²) in [6.45, 7) is 1.66. The summed E-state index contributed by atoms with van der Waals surface area (Å²) in [7, 11) is -3.35. The number of ether oxygens (including phenoxy) is 1. The van der Waals surface area contributed by atoms with Crippen molar-refractivity contribution in [3.63, 3.8) is 0 Å². The maximum absolute atomic E-state index is 12.3. The van der Waals surface area contributed by atoms with Crippen molar-refractivity contribution in [2.45, 2.75) is 19.4 Å². The Labute approximate surface area is 185 Å². The van der Waals surface area contributed by atoms with Crippen molar-refractivity contribution in [2.24, 2.45) is 0 Å². The second-order valence-corrected chi connectivity index (χ2v) is 9.66. The van der Waals surface area contributed by atoms with Gasteiger partial charge in [-0.2, -0.15) is 0 Å². The highest BCUT2D eigenvalue weighted by atomic mass is 35.5. The molecule has 3 rings (SSSR count). The zero-order chi connectivity index (χ0) is 21.9. The fourth-order valence-electron chi connectivity index (χ4n) is 3.08. The molecule has 0 bridgehead atoms. The number of amides is 1. The Morgan fingerprint density at radius 2 is 1.93 bits per heavy atom. The first kappa shape index (κ1) is 22.4. The van der Waals surface area contributed by atoms with Gasteiger partial charge in [-0.15, -0.1) is 0 Å². The molecule has 1 saturated heterocycles. The number of hydrogen-bond acceptors (Lipinski definition) is 5. The summed E-state index contributed by atoms with van der Waals surface area (Å²) >= 11 is 11.9. The Hall–Kier alpha value is -2.29. The highest BCUT2D eigenvalue weighted by molar-refractivity contribution is 7.93. The number of carbonyl (C=O) groups is 2. The highest BCUT2D eigenvalue weighted by Gasteiger charge is 2.28. The molecule has 1 heterocycles. The van der Waals surface area contributed by atoms with Crippen molar-refractivity contribution in [3.8, 4) is 0 Å². The zero-order valence-electron chi connectivity index (χ0n) is 16.1. The normalized spacial score (nSPS) is 16.2. The van der Waals surface area contributed by atoms with Crippen LogP contribution in [0.15, 0.2) is 42.5 Å². The lowest BCUT2D eigenvalue weighted by molar-refractivity contribution is -0.124. The van der Waals surface area contributed by atoms with E-state index < -0.39 is 28.5 Å². The molecule has 30 heavy (non-hydrogen) atoms. The van der Waals surface area contributed by atoms with Crippen LogP contribution in [0.2, 0.25) is 10.0 Å². The predicted octanol–water partition coefficient (Wildman–Crippen LogP) is 3.57. The SMILES string of the molecule is CC(NC(=O)COC(=O)c1cccc(N2CCCS2(=O)=O)c1)c1ccc(Cl)c(Cl)c1. The van der Waals surface area contributed by atoms with Gasteiger partial charge in [-0.05, 0) is 49.2 Å². The molecular weight excluding hydrogens is 451 g/mol. The predicted molar refractivity (Wildman–Crippen MR) is 115 cm³/mol. The molecule has 0 radical (unpaired) electrons. The van der Waals surface area contributed by atoms with E-state index >= 15 is 0 Å². The summed E-state index contributed by atoms with van der Waals surface area (Å²) in [5.41, 5.74) is 1.32. The van der Waals surface area contributed by atoms with Crippen molar-refractivity contribution in [2.75, 3.05) is 23.2 Å². The van der Waals surface area contributed by atoms with Gasteiger partial charge < -0.3 is 10.1 Å². The Kier molecular flexibility index (Phi) is 6.90. The average Bonchev–Trinajstić information content (AvgIpc) is 3.07. The molecule has 10 heteroatoms. The molecule has 0 saturated carbocycles. The molecule has 1 aliphatic rings. The second-order valence-electron chi connectivity index (χ2n) is 6.83. The number of nitrogens with zero attached hydrogens (tertiary/aromatic N) is 1. The minimum Gasteiger partial charge on any atom is -0.452 e. The van der Waals surface area contributed by atoms with Crippen LogP contribution in [0.4, 0.5) is 5.69 Å². The van der Waals surface area contributed by atoms with Crippen molar-refractivity contribution in [1.29, 1.82) is 0 Å². The lowest BCUT2D eigenvalue weighted by atomic mass is 10.1. The van der Waals surface area contributed by atoms with Crippen LogP contribution in [-0.4, -0.2) is 39.2 Å². The molecule has 1 unspecified atom stereocenters. The van der Waals surface area contributed by atoms with Crippen molar-refractivity contribution < 1.29 is 22.7 Å². The molecule has 2 aromatic rings. The molecule has 160 valence electrons. The average molecular weight is 471 g/mol. The van der Waals surface area contributed by atoms with Gasteiger partial charge in [-0.25, -0.2) is 13.2 Å². The quantitative estimate of drug-likeness (QED) is 0.651. The minimum atomic E-state index is -3.35. The van der Waals surface area contributed by atoms with E-state index in [4.69, 9.17) is 27.9 Å². The number of rotatable bonds is 6. The van der Waals surface area contributed by atoms with Gasteiger partial charge in [0, 0.05) is 6.54 Å². The topological polar surface area (TPSA) is 92.8 Å². The maximum Gasteiger partial charge on any atom is 0.338 e. The van der Waals surface area contributed by atoms with E-state index in [2.05, 4.69) is 5.32 Å². The number of esters is 1. The number of benzene rings is 2. The molecule has 0 aliphatic carbocycles. The third-order valence-corrected chi connectivity index (χ3v) is 7.23. The van der Waals surface area contributed by atoms with Crippen LogP contribution < -0.4 is 9.62 Å². The standard InChI is InChI=1S/C20H20Cl2N2O5S/c1-13(14-6-7-17(21)18(22)11-14)23-19(25)12-29-20(26)15-4-2-5-16(10-15)24-8-3-9-30(24,27)28/h2,4-7,10-11,13H,3,8-9,12H2,1H3,(H,23,25). The van der Waals surface area contributed by atoms with Crippen molar-refractivity contribution >= 4 is 50.8 Å². The first-order chi connectivity index (χ1) is 14.2. The first-order valence-corrected chi connectivity index (χ1v) is 11.6. The first-order valence-electron chi connectivity index (χ1n) is 9.19. The van der Waals surface area contributed by atoms with Crippen LogP contribution in [0.25, 0.3) is 0 Å². The Balaban J connectivity index is 1.58. The lowest BCUT2D eigenvalue weighted by Crippen LogP contribution is -2.31. The van der Waals surface area contributed by atoms with Crippen molar-refractivity contribution in [3.05, 3.63) is 63.6 Å². The van der Waals surface area contributed by atoms with Gasteiger partial charge in [0.1, 0.15) is 0 Å². The number of anilines is 1. The molecule has 1 fully saturated rings. The largest absolute Gasteiger partial charge is 0.452 e. The van der Waals surface area contributed by atoms with Crippen LogP contribution in [0.3, 0.4) is 0 Å². The van der Waals surface area contributed by atoms with E-state index in [-0.39, 0.29) is 17.4 Å². The van der Waals surface area contributed by atoms with Crippen LogP contribution >= 0.6 is 23.2 Å². The molecule has 2 aromatic carbocycles. The van der Waals surface area contributed by atoms with Gasteiger partial charge in [0.15, 0.2) is 6.61 Å². The smallest absolute Gasteiger partial charge is 0.338 e. The van der Waals surface area contributed by atoms with Gasteiger partial charge in [-0.1, -0.05) is 35.3 Å². The molecule has 7 nitrogen and oxygen atoms in total. The lowest BCUT2D eigenvalue weighted by Gasteiger charge is -2.17. The van der Waals surface area contributed by atoms with Gasteiger partial charge >= 0.3 is 5.97 Å². The second kappa shape index (κ2) is 9.24. The van der Waals surface area contributed by atoms with Gasteiger partial charge in [-0.3, -0.25) is 9.10 Å². The van der Waals surface area contributed by atoms with E-state index in [1.165, 1.54) is 16.4 Å². The van der Waals surface area contributed by atoms with Crippen molar-refractivity contribution in [1.82, 2.24) is 5.32 Å². The Morgan fingerprint density at radius 1 is 1.17 bits per heavy atom. The van der Waals surface area contributed by atoms with Gasteiger partial charge in [0.25, 0.3) is 5.91 Å². The van der Waals surface area contributed by atoms with E-state index in [0.717, 1.165) is 5.56 Å². The number of hydrogen-bond donors (Lipinski definition) is 1. The van der Waals surface area contributed by atoms with Crippen LogP contribution in [0.1, 0.15) is 35.3 Å². The zero-order valence-corrected chi connectivity index (χ0v) is 18.4. The van der Waals surface area contributed by atoms with Crippen LogP contribution in [0, 0.1) is 0 Å². The molecule has 0 aromatic heterocycles. The Morgan fingerprint density at radius 3 is 2.60 bits per heavy atom. The van der Waals surface area contributed by atoms with E-state index in [1.807, 2.05) is 0 Å². The molecule has 1 aliphatic heterocycles. The van der Waals surface area contributed by atoms with Gasteiger partial charge in [0.2, 0.25) is 10.0 Å². The van der Waals surface area contributed by atoms with E-state index in [0.29, 0.717) is 28.7 Å². The van der Waals surface area contributed by atoms with Gasteiger partial charge in [0.05, 0.1) is 33.1 Å². The molecule has 0 spiro atoms. The summed E-state index contributed by atoms with van der Waals surface area (Å²) in [6, 6.07) is 10.8. The highest BCUT2D eigenvalue weighted by Crippen LogP contribution is 2.26. The molecular formula is C20H20Cl2N2O5S. The fraction of sp³-hybridized carbons (Fsp3) is 0.300. The maximum atomic E-state index is 12.3. The molecule has 1 N–H and O–H groups in total. The van der Waals surface area contributed by atoms with Crippen LogP contribution in [-0.2, 0) is 19.6 Å². The Bertz CT molecular complexity index is 1070. The summed E-state index contributed by atoms with van der Waals surface area (Å²) < 4.78 is 30.5. The minimum absolute atomic E-state index is 0.0822. The number of halogens is 2. The van der Waals surface area contributed by atoms with Crippen LogP contribution in [0.5, 0.6) is 0 Å². The third kappa shape index (κ3) is 5.24. The number of sulfonamides is 1. The summed E-state index contributed by atoms with van der Waals surface area (Å²) in [5.74, 6) is -1.12.